The molecule has 0 radical (unpaired) electrons. The van der Waals surface area contributed by atoms with Crippen molar-refractivity contribution in [3.8, 4) is 5.75 Å². The summed E-state index contributed by atoms with van der Waals surface area (Å²) in [5.74, 6) is 0.903. The molecule has 0 N–H and O–H groups in total. The van der Waals surface area contributed by atoms with E-state index < -0.39 is 0 Å². The summed E-state index contributed by atoms with van der Waals surface area (Å²) in [4.78, 5) is 0. The summed E-state index contributed by atoms with van der Waals surface area (Å²) >= 11 is 0. The summed E-state index contributed by atoms with van der Waals surface area (Å²) in [6.07, 6.45) is 3.34. The maximum Gasteiger partial charge on any atom is 0.191 e. The number of methoxy groups -OCH3 is 2. The molecule has 0 aromatic heterocycles. The zero-order valence-corrected chi connectivity index (χ0v) is 9.86. The molecule has 16 heavy (non-hydrogen) atoms. The predicted octanol–water partition coefficient (Wildman–Crippen LogP) is 2.17. The topological polar surface area (TPSA) is 27.7 Å². The van der Waals surface area contributed by atoms with Gasteiger partial charge in [0.1, 0.15) is 12.4 Å². The molecule has 3 heteroatoms. The average Bonchev–Trinajstić information content (AvgIpc) is 2.77. The molecule has 1 aliphatic rings. The van der Waals surface area contributed by atoms with Gasteiger partial charge in [0.25, 0.3) is 0 Å². The third kappa shape index (κ3) is 2.54. The molecule has 0 amide bonds. The van der Waals surface area contributed by atoms with E-state index in [1.54, 1.807) is 14.2 Å². The standard InChI is InChI=1S/C13H18O3/c1-14-13(15-2)9-16-12-7-6-10-4-3-5-11(10)8-12/h6-8,13H,3-5,9H2,1-2H3. The first-order valence-electron chi connectivity index (χ1n) is 5.63. The lowest BCUT2D eigenvalue weighted by atomic mass is 10.1. The highest BCUT2D eigenvalue weighted by atomic mass is 16.7. The van der Waals surface area contributed by atoms with Gasteiger partial charge in [-0.05, 0) is 42.5 Å². The van der Waals surface area contributed by atoms with Crippen molar-refractivity contribution in [2.75, 3.05) is 20.8 Å². The monoisotopic (exact) mass is 222 g/mol. The van der Waals surface area contributed by atoms with Gasteiger partial charge in [-0.2, -0.15) is 0 Å². The van der Waals surface area contributed by atoms with E-state index in [1.165, 1.54) is 30.4 Å². The SMILES string of the molecule is COC(COc1ccc2c(c1)CCC2)OC. The Labute approximate surface area is 96.3 Å². The highest BCUT2D eigenvalue weighted by molar-refractivity contribution is 5.38. The van der Waals surface area contributed by atoms with Crippen LogP contribution in [0.25, 0.3) is 0 Å². The number of fused-ring (bicyclic) bond motifs is 1. The summed E-state index contributed by atoms with van der Waals surface area (Å²) in [7, 11) is 3.22. The minimum Gasteiger partial charge on any atom is -0.488 e. The van der Waals surface area contributed by atoms with Crippen molar-refractivity contribution in [2.45, 2.75) is 25.6 Å². The van der Waals surface area contributed by atoms with Crippen molar-refractivity contribution in [1.29, 1.82) is 0 Å². The molecule has 0 bridgehead atoms. The van der Waals surface area contributed by atoms with Crippen LogP contribution in [0.15, 0.2) is 18.2 Å². The normalized spacial score (nSPS) is 14.2. The van der Waals surface area contributed by atoms with Crippen LogP contribution in [-0.4, -0.2) is 27.1 Å². The Hall–Kier alpha value is -1.06. The van der Waals surface area contributed by atoms with E-state index >= 15 is 0 Å². The number of ether oxygens (including phenoxy) is 3. The molecule has 0 fully saturated rings. The van der Waals surface area contributed by atoms with Crippen LogP contribution in [0.4, 0.5) is 0 Å². The minimum atomic E-state index is -0.298. The van der Waals surface area contributed by atoms with Crippen molar-refractivity contribution >= 4 is 0 Å². The summed E-state index contributed by atoms with van der Waals surface area (Å²) < 4.78 is 15.8. The van der Waals surface area contributed by atoms with Crippen molar-refractivity contribution < 1.29 is 14.2 Å². The molecule has 0 unspecified atom stereocenters. The Morgan fingerprint density at radius 3 is 2.62 bits per heavy atom. The molecule has 0 saturated carbocycles. The fourth-order valence-corrected chi connectivity index (χ4v) is 2.03. The second kappa shape index (κ2) is 5.32. The predicted molar refractivity (Wildman–Crippen MR) is 61.8 cm³/mol. The van der Waals surface area contributed by atoms with E-state index in [4.69, 9.17) is 14.2 Å². The largest absolute Gasteiger partial charge is 0.488 e. The molecule has 0 aliphatic heterocycles. The third-order valence-electron chi connectivity index (χ3n) is 2.98. The fraction of sp³-hybridized carbons (Fsp3) is 0.538. The minimum absolute atomic E-state index is 0.298. The van der Waals surface area contributed by atoms with Gasteiger partial charge < -0.3 is 14.2 Å². The van der Waals surface area contributed by atoms with Gasteiger partial charge in [0, 0.05) is 14.2 Å². The molecule has 2 rings (SSSR count). The Morgan fingerprint density at radius 2 is 1.88 bits per heavy atom. The molecular weight excluding hydrogens is 204 g/mol. The molecule has 0 atom stereocenters. The van der Waals surface area contributed by atoms with Crippen LogP contribution in [0.3, 0.4) is 0 Å². The summed E-state index contributed by atoms with van der Waals surface area (Å²) in [5.41, 5.74) is 2.88. The molecule has 3 nitrogen and oxygen atoms in total. The lowest BCUT2D eigenvalue weighted by molar-refractivity contribution is -0.121. The highest BCUT2D eigenvalue weighted by Gasteiger charge is 2.12. The maximum atomic E-state index is 5.63. The molecule has 1 aliphatic carbocycles. The molecule has 1 aromatic rings. The van der Waals surface area contributed by atoms with Crippen LogP contribution in [0.1, 0.15) is 17.5 Å². The van der Waals surface area contributed by atoms with Gasteiger partial charge in [-0.1, -0.05) is 6.07 Å². The van der Waals surface area contributed by atoms with Gasteiger partial charge in [-0.15, -0.1) is 0 Å². The molecule has 0 heterocycles. The zero-order chi connectivity index (χ0) is 11.4. The maximum absolute atomic E-state index is 5.63. The zero-order valence-electron chi connectivity index (χ0n) is 9.86. The van der Waals surface area contributed by atoms with Gasteiger partial charge >= 0.3 is 0 Å². The number of hydrogen-bond donors (Lipinski definition) is 0. The Kier molecular flexibility index (Phi) is 3.80. The van der Waals surface area contributed by atoms with Crippen molar-refractivity contribution in [1.82, 2.24) is 0 Å². The first-order chi connectivity index (χ1) is 7.83. The van der Waals surface area contributed by atoms with Crippen molar-refractivity contribution in [3.05, 3.63) is 29.3 Å². The summed E-state index contributed by atoms with van der Waals surface area (Å²) in [5, 5.41) is 0. The average molecular weight is 222 g/mol. The number of hydrogen-bond acceptors (Lipinski definition) is 3. The molecule has 1 aromatic carbocycles. The fourth-order valence-electron chi connectivity index (χ4n) is 2.03. The van der Waals surface area contributed by atoms with Gasteiger partial charge in [0.05, 0.1) is 0 Å². The number of aryl methyl sites for hydroxylation is 2. The van der Waals surface area contributed by atoms with Gasteiger partial charge in [0.15, 0.2) is 6.29 Å². The van der Waals surface area contributed by atoms with E-state index in [9.17, 15) is 0 Å². The third-order valence-corrected chi connectivity index (χ3v) is 2.98. The van der Waals surface area contributed by atoms with Crippen LogP contribution in [-0.2, 0) is 22.3 Å². The first-order valence-corrected chi connectivity index (χ1v) is 5.63. The van der Waals surface area contributed by atoms with Gasteiger partial charge in [-0.25, -0.2) is 0 Å². The lowest BCUT2D eigenvalue weighted by Gasteiger charge is -2.14. The second-order valence-electron chi connectivity index (χ2n) is 4.00. The van der Waals surface area contributed by atoms with Crippen LogP contribution >= 0.6 is 0 Å². The van der Waals surface area contributed by atoms with Crippen molar-refractivity contribution in [2.24, 2.45) is 0 Å². The van der Waals surface area contributed by atoms with E-state index in [1.807, 2.05) is 6.07 Å². The van der Waals surface area contributed by atoms with Crippen LogP contribution < -0.4 is 4.74 Å². The smallest absolute Gasteiger partial charge is 0.191 e. The highest BCUT2D eigenvalue weighted by Crippen LogP contribution is 2.26. The van der Waals surface area contributed by atoms with Crippen LogP contribution in [0, 0.1) is 0 Å². The van der Waals surface area contributed by atoms with E-state index in [2.05, 4.69) is 12.1 Å². The van der Waals surface area contributed by atoms with Gasteiger partial charge in [-0.3, -0.25) is 0 Å². The Morgan fingerprint density at radius 1 is 1.12 bits per heavy atom. The van der Waals surface area contributed by atoms with Crippen LogP contribution in [0.5, 0.6) is 5.75 Å². The molecule has 0 spiro atoms. The first kappa shape index (κ1) is 11.4. The van der Waals surface area contributed by atoms with E-state index in [-0.39, 0.29) is 6.29 Å². The van der Waals surface area contributed by atoms with E-state index in [0.29, 0.717) is 6.61 Å². The van der Waals surface area contributed by atoms with Crippen molar-refractivity contribution in [3.63, 3.8) is 0 Å². The quantitative estimate of drug-likeness (QED) is 0.715. The lowest BCUT2D eigenvalue weighted by Crippen LogP contribution is -2.22. The number of rotatable bonds is 5. The summed E-state index contributed by atoms with van der Waals surface area (Å²) in [6, 6.07) is 6.31. The van der Waals surface area contributed by atoms with E-state index in [0.717, 1.165) is 5.75 Å². The Bertz CT molecular complexity index is 345. The van der Waals surface area contributed by atoms with Crippen LogP contribution in [0.2, 0.25) is 0 Å². The van der Waals surface area contributed by atoms with Gasteiger partial charge in [0.2, 0.25) is 0 Å². The number of benzene rings is 1. The molecule has 88 valence electrons. The summed E-state index contributed by atoms with van der Waals surface area (Å²) in [6.45, 7) is 0.422. The Balaban J connectivity index is 1.95. The second-order valence-corrected chi connectivity index (χ2v) is 4.00. The molecule has 0 saturated heterocycles. The molecular formula is C13H18O3.